The lowest BCUT2D eigenvalue weighted by Gasteiger charge is -2.25. The van der Waals surface area contributed by atoms with E-state index in [1.165, 1.54) is 37.0 Å². The summed E-state index contributed by atoms with van der Waals surface area (Å²) in [6, 6.07) is 0. The van der Waals surface area contributed by atoms with Crippen molar-refractivity contribution in [2.75, 3.05) is 13.1 Å². The molecule has 1 aliphatic rings. The van der Waals surface area contributed by atoms with Gasteiger partial charge in [0.2, 0.25) is 0 Å². The van der Waals surface area contributed by atoms with Gasteiger partial charge in [0, 0.05) is 25.2 Å². The molecule has 0 amide bonds. The van der Waals surface area contributed by atoms with Crippen LogP contribution in [0.1, 0.15) is 65.2 Å². The van der Waals surface area contributed by atoms with E-state index in [9.17, 15) is 4.79 Å². The van der Waals surface area contributed by atoms with E-state index in [2.05, 4.69) is 43.1 Å². The van der Waals surface area contributed by atoms with Crippen LogP contribution in [0.4, 0.5) is 0 Å². The van der Waals surface area contributed by atoms with E-state index in [-0.39, 0.29) is 6.42 Å². The molecule has 0 spiro atoms. The second-order valence-electron chi connectivity index (χ2n) is 5.92. The van der Waals surface area contributed by atoms with Crippen LogP contribution in [-0.2, 0) is 4.79 Å². The van der Waals surface area contributed by atoms with Gasteiger partial charge in [-0.3, -0.25) is 4.79 Å². The number of allylic oxidation sites excluding steroid dienone is 5. The van der Waals surface area contributed by atoms with Crippen LogP contribution in [0.3, 0.4) is 0 Å². The molecule has 1 rings (SSSR count). The van der Waals surface area contributed by atoms with Gasteiger partial charge in [-0.15, -0.1) is 0 Å². The minimum Gasteiger partial charge on any atom is -0.481 e. The van der Waals surface area contributed by atoms with E-state index in [0.29, 0.717) is 0 Å². The minimum atomic E-state index is -0.706. The number of carboxylic acids is 1. The highest BCUT2D eigenvalue weighted by molar-refractivity contribution is 5.66. The Balaban J connectivity index is 2.56. The Hall–Kier alpha value is -1.51. The SMILES string of the molecule is CCCCN(CCCC)C1=CCC=C(CCCC(=O)O)C=C1. The average Bonchev–Trinajstić information content (AvgIpc) is 2.73. The zero-order chi connectivity index (χ0) is 16.2. The van der Waals surface area contributed by atoms with Crippen molar-refractivity contribution in [3.63, 3.8) is 0 Å². The molecule has 22 heavy (non-hydrogen) atoms. The molecular formula is C19H31NO2. The lowest BCUT2D eigenvalue weighted by Crippen LogP contribution is -2.24. The maximum absolute atomic E-state index is 10.6. The van der Waals surface area contributed by atoms with Crippen LogP contribution >= 0.6 is 0 Å². The number of rotatable bonds is 11. The highest BCUT2D eigenvalue weighted by Gasteiger charge is 2.08. The van der Waals surface area contributed by atoms with Gasteiger partial charge in [-0.05, 0) is 38.2 Å². The minimum absolute atomic E-state index is 0.255. The second kappa shape index (κ2) is 11.1. The lowest BCUT2D eigenvalue weighted by molar-refractivity contribution is -0.137. The first kappa shape index (κ1) is 18.5. The fourth-order valence-electron chi connectivity index (χ4n) is 2.59. The average molecular weight is 305 g/mol. The highest BCUT2D eigenvalue weighted by Crippen LogP contribution is 2.19. The van der Waals surface area contributed by atoms with E-state index in [1.54, 1.807) is 0 Å². The summed E-state index contributed by atoms with van der Waals surface area (Å²) in [5, 5.41) is 8.72. The maximum atomic E-state index is 10.6. The summed E-state index contributed by atoms with van der Waals surface area (Å²) in [5.74, 6) is -0.706. The number of unbranched alkanes of at least 4 members (excludes halogenated alkanes) is 2. The lowest BCUT2D eigenvalue weighted by atomic mass is 10.1. The quantitative estimate of drug-likeness (QED) is 0.589. The number of hydrogen-bond donors (Lipinski definition) is 1. The summed E-state index contributed by atoms with van der Waals surface area (Å²) in [5.41, 5.74) is 2.59. The van der Waals surface area contributed by atoms with E-state index < -0.39 is 5.97 Å². The van der Waals surface area contributed by atoms with Gasteiger partial charge in [0.25, 0.3) is 0 Å². The standard InChI is InChI=1S/C19H31NO2/c1-3-5-15-20(16-6-4-2)18-11-7-9-17(13-14-18)10-8-12-19(21)22/h9,11,13-14H,3-8,10,12,15-16H2,1-2H3,(H,21,22). The van der Waals surface area contributed by atoms with Crippen molar-refractivity contribution in [1.82, 2.24) is 4.90 Å². The number of carbonyl (C=O) groups is 1. The fraction of sp³-hybridized carbons (Fsp3) is 0.632. The molecule has 0 aromatic heterocycles. The van der Waals surface area contributed by atoms with Crippen molar-refractivity contribution < 1.29 is 9.90 Å². The van der Waals surface area contributed by atoms with Crippen molar-refractivity contribution in [2.24, 2.45) is 0 Å². The summed E-state index contributed by atoms with van der Waals surface area (Å²) >= 11 is 0. The van der Waals surface area contributed by atoms with Gasteiger partial charge in [-0.1, -0.05) is 50.5 Å². The van der Waals surface area contributed by atoms with Crippen molar-refractivity contribution in [1.29, 1.82) is 0 Å². The van der Waals surface area contributed by atoms with Crippen molar-refractivity contribution >= 4 is 5.97 Å². The second-order valence-corrected chi connectivity index (χ2v) is 5.92. The molecule has 0 saturated heterocycles. The first-order valence-corrected chi connectivity index (χ1v) is 8.71. The molecule has 3 heteroatoms. The molecule has 0 unspecified atom stereocenters. The van der Waals surface area contributed by atoms with E-state index in [0.717, 1.165) is 32.4 Å². The van der Waals surface area contributed by atoms with Crippen molar-refractivity contribution in [3.05, 3.63) is 35.6 Å². The van der Waals surface area contributed by atoms with Gasteiger partial charge in [0.1, 0.15) is 0 Å². The van der Waals surface area contributed by atoms with Crippen LogP contribution in [0.15, 0.2) is 35.6 Å². The zero-order valence-corrected chi connectivity index (χ0v) is 14.2. The van der Waals surface area contributed by atoms with Crippen molar-refractivity contribution in [3.8, 4) is 0 Å². The molecule has 0 saturated carbocycles. The van der Waals surface area contributed by atoms with E-state index >= 15 is 0 Å². The predicted molar refractivity (Wildman–Crippen MR) is 92.8 cm³/mol. The Morgan fingerprint density at radius 3 is 2.36 bits per heavy atom. The molecule has 124 valence electrons. The molecule has 0 radical (unpaired) electrons. The first-order chi connectivity index (χ1) is 10.7. The number of hydrogen-bond acceptors (Lipinski definition) is 2. The van der Waals surface area contributed by atoms with Crippen LogP contribution in [0.2, 0.25) is 0 Å². The molecule has 0 aliphatic heterocycles. The van der Waals surface area contributed by atoms with Crippen LogP contribution in [-0.4, -0.2) is 29.1 Å². The normalized spacial score (nSPS) is 14.3. The van der Waals surface area contributed by atoms with Crippen molar-refractivity contribution in [2.45, 2.75) is 65.2 Å². The van der Waals surface area contributed by atoms with E-state index in [1.807, 2.05) is 0 Å². The monoisotopic (exact) mass is 305 g/mol. The van der Waals surface area contributed by atoms with E-state index in [4.69, 9.17) is 5.11 Å². The third-order valence-electron chi connectivity index (χ3n) is 3.96. The number of aliphatic carboxylic acids is 1. The molecular weight excluding hydrogens is 274 g/mol. The molecule has 3 nitrogen and oxygen atoms in total. The molecule has 0 aromatic rings. The predicted octanol–water partition coefficient (Wildman–Crippen LogP) is 4.91. The Bertz CT molecular complexity index is 413. The van der Waals surface area contributed by atoms with Gasteiger partial charge < -0.3 is 10.0 Å². The topological polar surface area (TPSA) is 40.5 Å². The molecule has 1 N–H and O–H groups in total. The van der Waals surface area contributed by atoms with Gasteiger partial charge in [0.15, 0.2) is 0 Å². The number of nitrogens with zero attached hydrogens (tertiary/aromatic N) is 1. The molecule has 1 aliphatic carbocycles. The summed E-state index contributed by atoms with van der Waals surface area (Å²) in [6.45, 7) is 6.72. The molecule has 0 atom stereocenters. The Morgan fingerprint density at radius 1 is 1.09 bits per heavy atom. The number of carboxylic acid groups (broad SMARTS) is 1. The molecule has 0 heterocycles. The van der Waals surface area contributed by atoms with Gasteiger partial charge in [-0.25, -0.2) is 0 Å². The van der Waals surface area contributed by atoms with Crippen LogP contribution in [0.25, 0.3) is 0 Å². The molecule has 0 aromatic carbocycles. The van der Waals surface area contributed by atoms with Gasteiger partial charge in [-0.2, -0.15) is 0 Å². The summed E-state index contributed by atoms with van der Waals surface area (Å²) in [4.78, 5) is 13.1. The first-order valence-electron chi connectivity index (χ1n) is 8.71. The largest absolute Gasteiger partial charge is 0.481 e. The Kier molecular flexibility index (Phi) is 9.36. The Labute approximate surface area is 135 Å². The van der Waals surface area contributed by atoms with Gasteiger partial charge >= 0.3 is 5.97 Å². The smallest absolute Gasteiger partial charge is 0.303 e. The molecule has 0 fully saturated rings. The van der Waals surface area contributed by atoms with Crippen LogP contribution in [0, 0.1) is 0 Å². The summed E-state index contributed by atoms with van der Waals surface area (Å²) < 4.78 is 0. The summed E-state index contributed by atoms with van der Waals surface area (Å²) in [7, 11) is 0. The Morgan fingerprint density at radius 2 is 1.77 bits per heavy atom. The maximum Gasteiger partial charge on any atom is 0.303 e. The summed E-state index contributed by atoms with van der Waals surface area (Å²) in [6.07, 6.45) is 16.6. The third-order valence-corrected chi connectivity index (χ3v) is 3.96. The zero-order valence-electron chi connectivity index (χ0n) is 14.2. The third kappa shape index (κ3) is 7.48. The van der Waals surface area contributed by atoms with Crippen LogP contribution in [0.5, 0.6) is 0 Å². The highest BCUT2D eigenvalue weighted by atomic mass is 16.4. The fourth-order valence-corrected chi connectivity index (χ4v) is 2.59. The molecule has 0 bridgehead atoms. The van der Waals surface area contributed by atoms with Crippen LogP contribution < -0.4 is 0 Å². The van der Waals surface area contributed by atoms with Gasteiger partial charge in [0.05, 0.1) is 0 Å².